The van der Waals surface area contributed by atoms with Gasteiger partial charge in [0.2, 0.25) is 5.91 Å². The van der Waals surface area contributed by atoms with Crippen LogP contribution in [0, 0.1) is 5.92 Å². The number of fused-ring (bicyclic) bond motifs is 1. The molecular formula is C26H34F2N4O2S. The van der Waals surface area contributed by atoms with Crippen LogP contribution in [0.25, 0.3) is 11.3 Å². The molecule has 1 N–H and O–H groups in total. The number of halogens is 2. The smallest absolute Gasteiger partial charge is 0.387 e. The number of likely N-dealkylation sites (tertiary alicyclic amines) is 1. The average molecular weight is 505 g/mol. The number of piperidine rings is 1. The van der Waals surface area contributed by atoms with Gasteiger partial charge in [0.1, 0.15) is 5.75 Å². The van der Waals surface area contributed by atoms with Gasteiger partial charge in [0, 0.05) is 40.5 Å². The minimum atomic E-state index is -2.87. The fourth-order valence-electron chi connectivity index (χ4n) is 5.62. The van der Waals surface area contributed by atoms with E-state index in [1.54, 1.807) is 18.2 Å². The van der Waals surface area contributed by atoms with Gasteiger partial charge in [-0.05, 0) is 77.1 Å². The molecule has 1 aromatic carbocycles. The molecule has 1 amide bonds. The second-order valence-electron chi connectivity index (χ2n) is 10.5. The monoisotopic (exact) mass is 504 g/mol. The molecule has 190 valence electrons. The Morgan fingerprint density at radius 3 is 2.80 bits per heavy atom. The summed E-state index contributed by atoms with van der Waals surface area (Å²) in [6.45, 7) is 1.29. The molecule has 0 bridgehead atoms. The van der Waals surface area contributed by atoms with Gasteiger partial charge in [-0.1, -0.05) is 12.1 Å². The summed E-state index contributed by atoms with van der Waals surface area (Å²) in [5.74, 6) is 2.26. The SMILES string of the molecule is CN1CCC(n2nc(-c3cccc(OC(F)F)c3)c3c2CC(C(=O)NC2(C)CCSC2)CC3)CC1. The third-order valence-corrected chi connectivity index (χ3v) is 9.02. The number of thioether (sulfide) groups is 1. The van der Waals surface area contributed by atoms with Crippen molar-refractivity contribution >= 4 is 17.7 Å². The molecule has 3 heterocycles. The van der Waals surface area contributed by atoms with E-state index in [1.807, 2.05) is 17.8 Å². The highest BCUT2D eigenvalue weighted by molar-refractivity contribution is 7.99. The fourth-order valence-corrected chi connectivity index (χ4v) is 7.03. The molecule has 6 nitrogen and oxygen atoms in total. The molecule has 3 aliphatic rings. The van der Waals surface area contributed by atoms with Gasteiger partial charge in [-0.3, -0.25) is 9.48 Å². The summed E-state index contributed by atoms with van der Waals surface area (Å²) < 4.78 is 32.4. The molecule has 0 radical (unpaired) electrons. The van der Waals surface area contributed by atoms with Gasteiger partial charge >= 0.3 is 6.61 Å². The molecule has 5 rings (SSSR count). The Balaban J connectivity index is 1.45. The van der Waals surface area contributed by atoms with Gasteiger partial charge < -0.3 is 15.0 Å². The van der Waals surface area contributed by atoms with Gasteiger partial charge in [0.05, 0.1) is 11.7 Å². The van der Waals surface area contributed by atoms with Gasteiger partial charge in [-0.2, -0.15) is 25.6 Å². The number of carbonyl (C=O) groups excluding carboxylic acids is 1. The van der Waals surface area contributed by atoms with Crippen LogP contribution in [0.3, 0.4) is 0 Å². The second kappa shape index (κ2) is 10.1. The molecule has 1 aliphatic carbocycles. The minimum Gasteiger partial charge on any atom is -0.435 e. The van der Waals surface area contributed by atoms with Crippen molar-refractivity contribution in [3.8, 4) is 17.0 Å². The number of aromatic nitrogens is 2. The maximum Gasteiger partial charge on any atom is 0.387 e. The minimum absolute atomic E-state index is 0.0759. The summed E-state index contributed by atoms with van der Waals surface area (Å²) in [6, 6.07) is 7.09. The fraction of sp³-hybridized carbons (Fsp3) is 0.615. The molecule has 2 aromatic rings. The average Bonchev–Trinajstić information content (AvgIpc) is 3.43. The molecule has 0 spiro atoms. The first kappa shape index (κ1) is 24.6. The van der Waals surface area contributed by atoms with Crippen LogP contribution >= 0.6 is 11.8 Å². The Bertz CT molecular complexity index is 1060. The first-order chi connectivity index (χ1) is 16.8. The number of nitrogens with zero attached hydrogens (tertiary/aromatic N) is 3. The highest BCUT2D eigenvalue weighted by Gasteiger charge is 2.37. The Morgan fingerprint density at radius 1 is 1.29 bits per heavy atom. The van der Waals surface area contributed by atoms with Crippen molar-refractivity contribution in [2.45, 2.75) is 63.6 Å². The number of rotatable bonds is 6. The number of hydrogen-bond acceptors (Lipinski definition) is 5. The maximum absolute atomic E-state index is 13.3. The third kappa shape index (κ3) is 5.35. The number of hydrogen-bond donors (Lipinski definition) is 1. The van der Waals surface area contributed by atoms with E-state index in [1.165, 1.54) is 0 Å². The van der Waals surface area contributed by atoms with E-state index in [0.717, 1.165) is 79.2 Å². The zero-order valence-corrected chi connectivity index (χ0v) is 21.3. The van der Waals surface area contributed by atoms with E-state index in [0.29, 0.717) is 6.42 Å². The zero-order chi connectivity index (χ0) is 24.6. The van der Waals surface area contributed by atoms with Crippen LogP contribution in [0.2, 0.25) is 0 Å². The number of carbonyl (C=O) groups is 1. The molecule has 2 fully saturated rings. The van der Waals surface area contributed by atoms with Crippen molar-refractivity contribution in [3.05, 3.63) is 35.5 Å². The Labute approximate surface area is 209 Å². The van der Waals surface area contributed by atoms with Crippen LogP contribution in [-0.2, 0) is 17.6 Å². The summed E-state index contributed by atoms with van der Waals surface area (Å²) >= 11 is 1.90. The lowest BCUT2D eigenvalue weighted by Crippen LogP contribution is -2.49. The van der Waals surface area contributed by atoms with Crippen LogP contribution in [0.4, 0.5) is 8.78 Å². The molecule has 35 heavy (non-hydrogen) atoms. The number of ether oxygens (including phenoxy) is 1. The summed E-state index contributed by atoms with van der Waals surface area (Å²) in [5.41, 5.74) is 3.77. The van der Waals surface area contributed by atoms with Crippen molar-refractivity contribution in [1.29, 1.82) is 0 Å². The van der Waals surface area contributed by atoms with Gasteiger partial charge in [0.15, 0.2) is 0 Å². The quantitative estimate of drug-likeness (QED) is 0.626. The lowest BCUT2D eigenvalue weighted by molar-refractivity contribution is -0.127. The number of amides is 1. The molecule has 2 unspecified atom stereocenters. The molecule has 2 saturated heterocycles. The van der Waals surface area contributed by atoms with Gasteiger partial charge in [-0.25, -0.2) is 0 Å². The lowest BCUT2D eigenvalue weighted by atomic mass is 9.84. The standard InChI is InChI=1S/C26H34F2N4O2S/c1-26(10-13-35-16-26)29-24(33)18-6-7-21-22(15-18)32(19-8-11-31(2)12-9-19)30-23(21)17-4-3-5-20(14-17)34-25(27)28/h3-5,14,18-19,25H,6-13,15-16H2,1-2H3,(H,29,33). The Kier molecular flexibility index (Phi) is 7.08. The molecule has 2 aliphatic heterocycles. The highest BCUT2D eigenvalue weighted by Crippen LogP contribution is 2.38. The summed E-state index contributed by atoms with van der Waals surface area (Å²) in [5, 5.41) is 8.40. The predicted octanol–water partition coefficient (Wildman–Crippen LogP) is 4.53. The van der Waals surface area contributed by atoms with Crippen LogP contribution in [0.1, 0.15) is 49.9 Å². The molecule has 9 heteroatoms. The predicted molar refractivity (Wildman–Crippen MR) is 134 cm³/mol. The summed E-state index contributed by atoms with van der Waals surface area (Å²) in [6.07, 6.45) is 5.20. The number of benzene rings is 1. The topological polar surface area (TPSA) is 59.4 Å². The van der Waals surface area contributed by atoms with E-state index in [4.69, 9.17) is 5.10 Å². The zero-order valence-electron chi connectivity index (χ0n) is 20.4. The highest BCUT2D eigenvalue weighted by atomic mass is 32.2. The maximum atomic E-state index is 13.3. The third-order valence-electron chi connectivity index (χ3n) is 7.68. The van der Waals surface area contributed by atoms with E-state index >= 15 is 0 Å². The molecule has 2 atom stereocenters. The second-order valence-corrected chi connectivity index (χ2v) is 11.6. The Morgan fingerprint density at radius 2 is 2.09 bits per heavy atom. The van der Waals surface area contributed by atoms with Crippen LogP contribution in [-0.4, -0.2) is 64.4 Å². The molecular weight excluding hydrogens is 470 g/mol. The molecule has 1 aromatic heterocycles. The van der Waals surface area contributed by atoms with Gasteiger partial charge in [0.25, 0.3) is 0 Å². The van der Waals surface area contributed by atoms with Crippen molar-refractivity contribution < 1.29 is 18.3 Å². The van der Waals surface area contributed by atoms with Crippen molar-refractivity contribution in [3.63, 3.8) is 0 Å². The van der Waals surface area contributed by atoms with Crippen LogP contribution in [0.15, 0.2) is 24.3 Å². The van der Waals surface area contributed by atoms with Crippen LogP contribution < -0.4 is 10.1 Å². The van der Waals surface area contributed by atoms with E-state index in [9.17, 15) is 13.6 Å². The summed E-state index contributed by atoms with van der Waals surface area (Å²) in [4.78, 5) is 15.6. The van der Waals surface area contributed by atoms with E-state index < -0.39 is 6.61 Å². The molecule has 0 saturated carbocycles. The largest absolute Gasteiger partial charge is 0.435 e. The first-order valence-corrected chi connectivity index (χ1v) is 13.7. The normalized spacial score (nSPS) is 25.6. The number of alkyl halides is 2. The summed E-state index contributed by atoms with van der Waals surface area (Å²) in [7, 11) is 2.14. The van der Waals surface area contributed by atoms with E-state index in [-0.39, 0.29) is 29.2 Å². The van der Waals surface area contributed by atoms with E-state index in [2.05, 4.69) is 33.6 Å². The lowest BCUT2D eigenvalue weighted by Gasteiger charge is -2.32. The van der Waals surface area contributed by atoms with Crippen LogP contribution in [0.5, 0.6) is 5.75 Å². The van der Waals surface area contributed by atoms with Crippen molar-refractivity contribution in [2.24, 2.45) is 5.92 Å². The van der Waals surface area contributed by atoms with Crippen molar-refractivity contribution in [1.82, 2.24) is 20.0 Å². The Hall–Kier alpha value is -2.13. The first-order valence-electron chi connectivity index (χ1n) is 12.6. The van der Waals surface area contributed by atoms with Gasteiger partial charge in [-0.15, -0.1) is 0 Å². The number of nitrogens with one attached hydrogen (secondary N) is 1. The van der Waals surface area contributed by atoms with Crippen molar-refractivity contribution in [2.75, 3.05) is 31.6 Å².